The van der Waals surface area contributed by atoms with Crippen LogP contribution in [0.2, 0.25) is 0 Å². The highest BCUT2D eigenvalue weighted by Crippen LogP contribution is 2.32. The first-order valence-electron chi connectivity index (χ1n) is 24.3. The number of rotatable bonds is 10. The minimum absolute atomic E-state index is 0. The number of nitrogens with two attached hydrogens (primary N) is 3. The van der Waals surface area contributed by atoms with Gasteiger partial charge in [-0.15, -0.1) is 12.4 Å². The highest BCUT2D eigenvalue weighted by Gasteiger charge is 2.43. The summed E-state index contributed by atoms with van der Waals surface area (Å²) in [5.41, 5.74) is 18.1. The number of nitrogens with one attached hydrogen (secondary N) is 1. The van der Waals surface area contributed by atoms with E-state index in [1.165, 1.54) is 25.7 Å². The molecule has 0 unspecified atom stereocenters. The largest absolute Gasteiger partial charge is 0.477 e. The van der Waals surface area contributed by atoms with Crippen molar-refractivity contribution >= 4 is 35.8 Å². The monoisotopic (exact) mass is 1220 g/mol. The van der Waals surface area contributed by atoms with Gasteiger partial charge in [0.05, 0.1) is 18.3 Å². The molecule has 2 aromatic heterocycles. The van der Waals surface area contributed by atoms with Crippen LogP contribution in [-0.2, 0) is 16.2 Å². The number of amidine groups is 1. The number of benzene rings is 3. The fraction of sp³-hybridized carbons (Fsp3) is 0.386. The molecule has 17 nitrogen and oxygen atoms in total. The van der Waals surface area contributed by atoms with Gasteiger partial charge in [-0.1, -0.05) is 135 Å². The van der Waals surface area contributed by atoms with E-state index in [4.69, 9.17) is 56.6 Å². The van der Waals surface area contributed by atoms with Crippen molar-refractivity contribution in [2.24, 2.45) is 5.73 Å². The first-order chi connectivity index (χ1) is 38.6. The van der Waals surface area contributed by atoms with Crippen LogP contribution >= 0.6 is 12.4 Å². The van der Waals surface area contributed by atoms with Gasteiger partial charge < -0.3 is 32.1 Å². The summed E-state index contributed by atoms with van der Waals surface area (Å²) >= 11 is 0. The number of nitriles is 3. The highest BCUT2D eigenvalue weighted by atomic mass is 35.5. The van der Waals surface area contributed by atoms with E-state index in [1.54, 1.807) is 36.4 Å². The summed E-state index contributed by atoms with van der Waals surface area (Å²) in [5.74, 6) is -2.09. The lowest BCUT2D eigenvalue weighted by molar-refractivity contribution is -0.211. The number of nitrogen functional groups attached to an aromatic ring is 3. The smallest absolute Gasteiger partial charge is 0.364 e. The Balaban J connectivity index is 0. The quantitative estimate of drug-likeness (QED) is 0.0165. The van der Waals surface area contributed by atoms with Gasteiger partial charge in [-0.25, -0.2) is 81.4 Å². The van der Waals surface area contributed by atoms with E-state index in [0.717, 1.165) is 35.7 Å². The predicted octanol–water partition coefficient (Wildman–Crippen LogP) is 13.5. The van der Waals surface area contributed by atoms with E-state index >= 15 is 0 Å². The molecule has 5 aromatic rings. The number of halogens is 11. The zero-order valence-corrected chi connectivity index (χ0v) is 49.5. The molecule has 28 heteroatoms. The molecule has 0 radical (unpaired) electrons. The third kappa shape index (κ3) is 24.7. The van der Waals surface area contributed by atoms with Crippen molar-refractivity contribution in [2.75, 3.05) is 46.2 Å². The number of aromatic nitrogens is 4. The van der Waals surface area contributed by atoms with E-state index in [0.29, 0.717) is 11.1 Å². The molecule has 85 heavy (non-hydrogen) atoms. The summed E-state index contributed by atoms with van der Waals surface area (Å²) in [6.45, 7) is 31.3. The summed E-state index contributed by atoms with van der Waals surface area (Å²) in [7, 11) is 4.52. The van der Waals surface area contributed by atoms with Crippen molar-refractivity contribution in [3.05, 3.63) is 152 Å². The third-order valence-electron chi connectivity index (χ3n) is 10.9. The van der Waals surface area contributed by atoms with E-state index in [2.05, 4.69) is 71.2 Å². The molecule has 5 rings (SSSR count). The second-order valence-corrected chi connectivity index (χ2v) is 20.7. The molecule has 2 heterocycles. The summed E-state index contributed by atoms with van der Waals surface area (Å²) in [6, 6.07) is 23.0. The standard InChI is InChI=1S/C16H16F2N4.C16H17F2N3O2.C11H16N2.C7H7F2N3.C4H7F4N.C3H2N2.ClH/c1-16(2,3)10-6-4-9(5-7-10)15-21-12(13(17)18)11(8-19)14(20)22-15;1-16(2,3)9-6-4-8(5-7-9)14-20-11(12(17)18)10(15(22)23)13(19)21-14;1-11(2,3)9-6-4-8(5-7-9)10(12)13;1-11-5(4-10)6(7(8)9)12(2)3;1-9(2)4(7,8)3(5)6;1-5-3-2-4;/h4-7,13H,1-3H3,(H2,20,21,22);4-7,12H,1-3H3,(H,22,23)(H2,19,20,21);4-7H,1-3H3,(H3,12,13);7H,2-3H3;3H,1-2H3;3H2;1H/b;;;6-5-;;;. The van der Waals surface area contributed by atoms with Crippen LogP contribution < -0.4 is 17.2 Å². The lowest BCUT2D eigenvalue weighted by Crippen LogP contribution is -2.41. The van der Waals surface area contributed by atoms with Crippen LogP contribution in [0.25, 0.3) is 32.5 Å². The maximum Gasteiger partial charge on any atom is 0.364 e. The van der Waals surface area contributed by atoms with E-state index < -0.39 is 71.9 Å². The lowest BCUT2D eigenvalue weighted by Gasteiger charge is -2.21. The number of alkyl halides is 10. The molecule has 0 aliphatic carbocycles. The Kier molecular flexibility index (Phi) is 31.6. The van der Waals surface area contributed by atoms with Gasteiger partial charge in [-0.05, 0) is 47.0 Å². The number of nitrogens with zero attached hydrogens (tertiary/aromatic N) is 11. The summed E-state index contributed by atoms with van der Waals surface area (Å²) in [6.07, 6.45) is -12.3. The Morgan fingerprint density at radius 3 is 1.27 bits per heavy atom. The molecule has 0 saturated carbocycles. The van der Waals surface area contributed by atoms with E-state index in [-0.39, 0.29) is 69.0 Å². The van der Waals surface area contributed by atoms with E-state index in [9.17, 15) is 48.7 Å². The van der Waals surface area contributed by atoms with Gasteiger partial charge in [0.25, 0.3) is 31.5 Å². The average molecular weight is 1220 g/mol. The molecule has 3 aromatic carbocycles. The third-order valence-corrected chi connectivity index (χ3v) is 10.9. The number of carboxylic acids is 1. The van der Waals surface area contributed by atoms with Crippen LogP contribution in [0.4, 0.5) is 55.5 Å². The van der Waals surface area contributed by atoms with Crippen molar-refractivity contribution in [3.8, 4) is 41.0 Å². The molecule has 458 valence electrons. The molecule has 0 aliphatic heterocycles. The predicted molar refractivity (Wildman–Crippen MR) is 307 cm³/mol. The first kappa shape index (κ1) is 78.0. The molecular formula is C57H66ClF10N15O2. The molecule has 8 N–H and O–H groups in total. The van der Waals surface area contributed by atoms with Crippen molar-refractivity contribution < 1.29 is 53.8 Å². The first-order valence-corrected chi connectivity index (χ1v) is 24.3. The second kappa shape index (κ2) is 34.5. The molecular weight excluding hydrogens is 1150 g/mol. The topological polar surface area (TPSA) is 277 Å². The summed E-state index contributed by atoms with van der Waals surface area (Å²) in [4.78, 5) is 33.1. The number of carboxylic acid groups (broad SMARTS) is 1. The van der Waals surface area contributed by atoms with Crippen LogP contribution in [0.3, 0.4) is 0 Å². The number of hydrogen-bond acceptors (Lipinski definition) is 13. The zero-order valence-electron chi connectivity index (χ0n) is 48.6. The maximum absolute atomic E-state index is 13.1. The summed E-state index contributed by atoms with van der Waals surface area (Å²) in [5, 5.41) is 41.0. The Morgan fingerprint density at radius 2 is 1.05 bits per heavy atom. The number of aromatic carboxylic acids is 1. The SMILES string of the molecule is CC(C)(C)c1ccc(-c2nc(N)c(C#N)c(C(F)F)n2)cc1.CC(C)(C)c1ccc(-c2nc(N)c(C(=O)O)c(C(F)F)n2)cc1.CC(C)(C)c1ccc(C(=N)N)cc1.CN(C)C(F)(F)C(F)F.Cl.[C-]#[N+]/C(C#N)=C(/C(F)F)N(C)C.[C-]#[N+]CC#N. The molecule has 0 saturated heterocycles. The number of carbonyl (C=O) groups is 1. The van der Waals surface area contributed by atoms with E-state index in [1.807, 2.05) is 69.3 Å². The van der Waals surface area contributed by atoms with Crippen LogP contribution in [0.1, 0.15) is 125 Å². The Hall–Kier alpha value is -9.10. The van der Waals surface area contributed by atoms with Crippen molar-refractivity contribution in [3.63, 3.8) is 0 Å². The molecule has 0 atom stereocenters. The molecule has 0 amide bonds. The van der Waals surface area contributed by atoms with Crippen LogP contribution in [-0.4, -0.2) is 100 Å². The molecule has 0 bridgehead atoms. The normalized spacial score (nSPS) is 11.2. The van der Waals surface area contributed by atoms with Crippen LogP contribution in [0.5, 0.6) is 0 Å². The zero-order chi connectivity index (χ0) is 65.4. The van der Waals surface area contributed by atoms with Gasteiger partial charge in [0.15, 0.2) is 11.6 Å². The maximum atomic E-state index is 13.1. The molecule has 0 spiro atoms. The average Bonchev–Trinajstić information content (AvgIpc) is 3.20. The van der Waals surface area contributed by atoms with Gasteiger partial charge in [0, 0.05) is 30.8 Å². The summed E-state index contributed by atoms with van der Waals surface area (Å²) < 4.78 is 123. The van der Waals surface area contributed by atoms with Crippen LogP contribution in [0, 0.1) is 52.5 Å². The molecule has 0 fully saturated rings. The van der Waals surface area contributed by atoms with Crippen molar-refractivity contribution in [1.82, 2.24) is 29.7 Å². The van der Waals surface area contributed by atoms with Crippen molar-refractivity contribution in [2.45, 2.75) is 110 Å². The Morgan fingerprint density at radius 1 is 0.671 bits per heavy atom. The fourth-order valence-electron chi connectivity index (χ4n) is 6.17. The number of hydrogen-bond donors (Lipinski definition) is 5. The van der Waals surface area contributed by atoms with Gasteiger partial charge in [-0.3, -0.25) is 5.41 Å². The van der Waals surface area contributed by atoms with Gasteiger partial charge in [0.1, 0.15) is 52.1 Å². The minimum atomic E-state index is -4.00. The Bertz CT molecular complexity index is 3190. The number of allylic oxidation sites excluding steroid dienone is 2. The fourth-order valence-corrected chi connectivity index (χ4v) is 6.17. The minimum Gasteiger partial charge on any atom is -0.477 e. The van der Waals surface area contributed by atoms with Gasteiger partial charge in [0.2, 0.25) is 0 Å². The molecule has 0 aliphatic rings. The number of anilines is 2. The second-order valence-electron chi connectivity index (χ2n) is 20.7. The van der Waals surface area contributed by atoms with Crippen LogP contribution in [0.15, 0.2) is 84.2 Å². The highest BCUT2D eigenvalue weighted by molar-refractivity contribution is 5.95. The van der Waals surface area contributed by atoms with Crippen molar-refractivity contribution in [1.29, 1.82) is 21.2 Å². The van der Waals surface area contributed by atoms with Gasteiger partial charge >= 0.3 is 18.4 Å². The Labute approximate surface area is 494 Å². The lowest BCUT2D eigenvalue weighted by atomic mass is 9.86. The van der Waals surface area contributed by atoms with Gasteiger partial charge in [-0.2, -0.15) is 19.3 Å².